The highest BCUT2D eigenvalue weighted by Crippen LogP contribution is 2.37. The Kier molecular flexibility index (Phi) is 4.49. The largest absolute Gasteiger partial charge is 0.501 e. The van der Waals surface area contributed by atoms with Gasteiger partial charge in [-0.15, -0.1) is 0 Å². The zero-order valence-electron chi connectivity index (χ0n) is 9.38. The molecule has 0 unspecified atom stereocenters. The number of phenolic OH excluding ortho intramolecular Hbond substituents is 1. The summed E-state index contributed by atoms with van der Waals surface area (Å²) in [5.41, 5.74) is -0.712. The van der Waals surface area contributed by atoms with Gasteiger partial charge in [0.2, 0.25) is 15.8 Å². The number of halogens is 1. The fourth-order valence-corrected chi connectivity index (χ4v) is 3.01. The van der Waals surface area contributed by atoms with Crippen molar-refractivity contribution in [2.75, 3.05) is 6.54 Å². The lowest BCUT2D eigenvalue weighted by atomic mass is 10.3. The van der Waals surface area contributed by atoms with E-state index in [9.17, 15) is 23.6 Å². The molecule has 9 heteroatoms. The van der Waals surface area contributed by atoms with Crippen molar-refractivity contribution in [1.82, 2.24) is 4.72 Å². The molecule has 1 aromatic carbocycles. The van der Waals surface area contributed by atoms with Crippen LogP contribution in [0.4, 0.5) is 5.69 Å². The Hall–Kier alpha value is -1.38. The zero-order valence-corrected chi connectivity index (χ0v) is 11.0. The van der Waals surface area contributed by atoms with Gasteiger partial charge in [0, 0.05) is 12.6 Å². The van der Waals surface area contributed by atoms with Gasteiger partial charge in [0.15, 0.2) is 0 Å². The lowest BCUT2D eigenvalue weighted by molar-refractivity contribution is -0.386. The van der Waals surface area contributed by atoms with Crippen LogP contribution in [0.5, 0.6) is 5.75 Å². The molecule has 0 atom stereocenters. The first kappa shape index (κ1) is 14.7. The molecule has 0 radical (unpaired) electrons. The molecule has 0 aliphatic carbocycles. The van der Waals surface area contributed by atoms with E-state index in [1.807, 2.05) is 0 Å². The maximum Gasteiger partial charge on any atom is 0.312 e. The highest BCUT2D eigenvalue weighted by Gasteiger charge is 2.28. The van der Waals surface area contributed by atoms with Gasteiger partial charge in [-0.05, 0) is 12.5 Å². The van der Waals surface area contributed by atoms with Crippen molar-refractivity contribution in [2.45, 2.75) is 18.2 Å². The topological polar surface area (TPSA) is 110 Å². The van der Waals surface area contributed by atoms with Gasteiger partial charge >= 0.3 is 5.69 Å². The van der Waals surface area contributed by atoms with Crippen molar-refractivity contribution in [2.24, 2.45) is 0 Å². The molecule has 0 aliphatic rings. The van der Waals surface area contributed by atoms with Crippen molar-refractivity contribution < 1.29 is 18.4 Å². The Bertz CT molecular complexity index is 573. The third kappa shape index (κ3) is 2.89. The smallest absolute Gasteiger partial charge is 0.312 e. The fraction of sp³-hybridized carbons (Fsp3) is 0.333. The summed E-state index contributed by atoms with van der Waals surface area (Å²) in [7, 11) is -4.08. The molecule has 18 heavy (non-hydrogen) atoms. The summed E-state index contributed by atoms with van der Waals surface area (Å²) in [6.07, 6.45) is 0.534. The number of hydrogen-bond donors (Lipinski definition) is 2. The van der Waals surface area contributed by atoms with Crippen LogP contribution >= 0.6 is 11.6 Å². The first-order valence-electron chi connectivity index (χ1n) is 4.96. The van der Waals surface area contributed by atoms with Gasteiger partial charge in [-0.1, -0.05) is 18.5 Å². The Morgan fingerprint density at radius 1 is 1.50 bits per heavy atom. The minimum absolute atomic E-state index is 0.140. The molecule has 0 fully saturated rings. The number of aromatic hydroxyl groups is 1. The minimum Gasteiger partial charge on any atom is -0.501 e. The van der Waals surface area contributed by atoms with E-state index < -0.39 is 31.3 Å². The molecule has 1 rings (SSSR count). The van der Waals surface area contributed by atoms with Crippen LogP contribution in [0.3, 0.4) is 0 Å². The first-order valence-corrected chi connectivity index (χ1v) is 6.83. The summed E-state index contributed by atoms with van der Waals surface area (Å²) in [6, 6.07) is 2.00. The van der Waals surface area contributed by atoms with E-state index in [-0.39, 0.29) is 11.6 Å². The summed E-state index contributed by atoms with van der Waals surface area (Å²) in [5, 5.41) is 20.0. The van der Waals surface area contributed by atoms with Gasteiger partial charge in [-0.3, -0.25) is 10.1 Å². The summed E-state index contributed by atoms with van der Waals surface area (Å²) >= 11 is 5.67. The van der Waals surface area contributed by atoms with Crippen LogP contribution in [0.2, 0.25) is 5.02 Å². The number of nitro groups is 1. The third-order valence-electron chi connectivity index (χ3n) is 2.07. The number of nitrogens with one attached hydrogen (secondary N) is 1. The second kappa shape index (κ2) is 5.51. The lowest BCUT2D eigenvalue weighted by Crippen LogP contribution is -2.24. The summed E-state index contributed by atoms with van der Waals surface area (Å²) < 4.78 is 25.8. The van der Waals surface area contributed by atoms with Gasteiger partial charge in [0.1, 0.15) is 4.90 Å². The molecule has 0 bridgehead atoms. The maximum absolute atomic E-state index is 11.8. The molecule has 0 saturated carbocycles. The third-order valence-corrected chi connectivity index (χ3v) is 4.03. The van der Waals surface area contributed by atoms with Crippen LogP contribution in [-0.4, -0.2) is 25.0 Å². The first-order chi connectivity index (χ1) is 8.31. The van der Waals surface area contributed by atoms with Crippen LogP contribution in [0.25, 0.3) is 0 Å². The zero-order chi connectivity index (χ0) is 13.9. The highest BCUT2D eigenvalue weighted by atomic mass is 35.5. The van der Waals surface area contributed by atoms with Crippen molar-refractivity contribution in [3.63, 3.8) is 0 Å². The Morgan fingerprint density at radius 3 is 2.61 bits per heavy atom. The number of nitrogens with zero attached hydrogens (tertiary/aromatic N) is 1. The number of hydrogen-bond acceptors (Lipinski definition) is 5. The van der Waals surface area contributed by atoms with Gasteiger partial charge in [-0.2, -0.15) is 0 Å². The van der Waals surface area contributed by atoms with Crippen LogP contribution in [-0.2, 0) is 10.0 Å². The second-order valence-corrected chi connectivity index (χ2v) is 5.51. The van der Waals surface area contributed by atoms with Gasteiger partial charge in [-0.25, -0.2) is 13.1 Å². The van der Waals surface area contributed by atoms with Crippen molar-refractivity contribution in [3.8, 4) is 5.75 Å². The normalized spacial score (nSPS) is 11.4. The van der Waals surface area contributed by atoms with Crippen molar-refractivity contribution >= 4 is 27.3 Å². The standard InChI is InChI=1S/C9H11ClN2O5S/c1-2-5-11-18(16,17)9-6(10)3-4-7(8(9)13)12(14)15/h3-4,11,13H,2,5H2,1H3. The molecule has 0 aliphatic heterocycles. The quantitative estimate of drug-likeness (QED) is 0.633. The molecule has 7 nitrogen and oxygen atoms in total. The van der Waals surface area contributed by atoms with Gasteiger partial charge < -0.3 is 5.11 Å². The molecule has 0 aromatic heterocycles. The van der Waals surface area contributed by atoms with Crippen LogP contribution in [0, 0.1) is 10.1 Å². The van der Waals surface area contributed by atoms with Gasteiger partial charge in [0.05, 0.1) is 9.95 Å². The van der Waals surface area contributed by atoms with E-state index in [4.69, 9.17) is 11.6 Å². The van der Waals surface area contributed by atoms with E-state index in [0.717, 1.165) is 12.1 Å². The SMILES string of the molecule is CCCNS(=O)(=O)c1c(Cl)ccc([N+](=O)[O-])c1O. The van der Waals surface area contributed by atoms with E-state index >= 15 is 0 Å². The van der Waals surface area contributed by atoms with E-state index in [1.54, 1.807) is 6.92 Å². The number of phenols is 1. The predicted molar refractivity (Wildman–Crippen MR) is 65.3 cm³/mol. The molecule has 1 aromatic rings. The lowest BCUT2D eigenvalue weighted by Gasteiger charge is -2.09. The molecular weight excluding hydrogens is 284 g/mol. The molecule has 0 spiro atoms. The summed E-state index contributed by atoms with van der Waals surface area (Å²) in [4.78, 5) is 9.05. The molecule has 0 heterocycles. The minimum atomic E-state index is -4.08. The Labute approximate surface area is 109 Å². The van der Waals surface area contributed by atoms with E-state index in [2.05, 4.69) is 4.72 Å². The Morgan fingerprint density at radius 2 is 2.11 bits per heavy atom. The summed E-state index contributed by atoms with van der Waals surface area (Å²) in [5.74, 6) is -0.962. The van der Waals surface area contributed by atoms with E-state index in [1.165, 1.54) is 0 Å². The van der Waals surface area contributed by atoms with Crippen LogP contribution in [0.15, 0.2) is 17.0 Å². The number of rotatable bonds is 5. The molecule has 100 valence electrons. The monoisotopic (exact) mass is 294 g/mol. The van der Waals surface area contributed by atoms with Crippen LogP contribution in [0.1, 0.15) is 13.3 Å². The van der Waals surface area contributed by atoms with Crippen molar-refractivity contribution in [1.29, 1.82) is 0 Å². The number of sulfonamides is 1. The Balaban J connectivity index is 3.40. The van der Waals surface area contributed by atoms with E-state index in [0.29, 0.717) is 6.42 Å². The van der Waals surface area contributed by atoms with Crippen LogP contribution < -0.4 is 4.72 Å². The number of nitro benzene ring substituents is 1. The predicted octanol–water partition coefficient (Wildman–Crippen LogP) is 1.64. The average Bonchev–Trinajstić information content (AvgIpc) is 2.25. The maximum atomic E-state index is 11.8. The van der Waals surface area contributed by atoms with Crippen molar-refractivity contribution in [3.05, 3.63) is 27.3 Å². The van der Waals surface area contributed by atoms with Gasteiger partial charge in [0.25, 0.3) is 0 Å². The highest BCUT2D eigenvalue weighted by molar-refractivity contribution is 7.89. The summed E-state index contributed by atoms with van der Waals surface area (Å²) in [6.45, 7) is 1.89. The average molecular weight is 295 g/mol. The molecule has 0 amide bonds. The molecular formula is C9H11ClN2O5S. The number of benzene rings is 1. The molecule has 2 N–H and O–H groups in total. The second-order valence-electron chi connectivity index (χ2n) is 3.40. The molecule has 0 saturated heterocycles. The fourth-order valence-electron chi connectivity index (χ4n) is 1.25.